The molecule has 0 atom stereocenters. The summed E-state index contributed by atoms with van der Waals surface area (Å²) in [6.07, 6.45) is -3.31. The molecular formula is C12H13F3N2O3. The van der Waals surface area contributed by atoms with Crippen LogP contribution >= 0.6 is 0 Å². The summed E-state index contributed by atoms with van der Waals surface area (Å²) >= 11 is 0. The fourth-order valence-corrected chi connectivity index (χ4v) is 2.38. The summed E-state index contributed by atoms with van der Waals surface area (Å²) in [6, 6.07) is 2.27. The first kappa shape index (κ1) is 14.6. The molecule has 1 saturated heterocycles. The fourth-order valence-electron chi connectivity index (χ4n) is 2.38. The summed E-state index contributed by atoms with van der Waals surface area (Å²) in [5, 5.41) is 8.27. The predicted octanol–water partition coefficient (Wildman–Crippen LogP) is 2.89. The van der Waals surface area contributed by atoms with Crippen molar-refractivity contribution in [1.82, 2.24) is 9.88 Å². The molecule has 2 rings (SSSR count). The lowest BCUT2D eigenvalue weighted by Gasteiger charge is -2.31. The van der Waals surface area contributed by atoms with E-state index in [0.717, 1.165) is 6.07 Å². The van der Waals surface area contributed by atoms with Gasteiger partial charge in [0.25, 0.3) is 0 Å². The summed E-state index contributed by atoms with van der Waals surface area (Å²) in [4.78, 5) is 19.8. The Morgan fingerprint density at radius 3 is 2.60 bits per heavy atom. The molecule has 1 fully saturated rings. The van der Waals surface area contributed by atoms with Crippen molar-refractivity contribution in [3.63, 3.8) is 0 Å². The molecule has 8 heteroatoms. The Hall–Kier alpha value is -1.83. The van der Waals surface area contributed by atoms with Crippen LogP contribution in [0.1, 0.15) is 30.0 Å². The molecule has 0 spiro atoms. The summed E-state index contributed by atoms with van der Waals surface area (Å²) in [7, 11) is 0. The van der Waals surface area contributed by atoms with Crippen LogP contribution in [0.4, 0.5) is 18.0 Å². The molecule has 1 amide bonds. The highest BCUT2D eigenvalue weighted by Crippen LogP contribution is 2.37. The standard InChI is InChI=1S/C12H13F3N2O3/c13-12(14,15)9-2-1-5-16-10(9)8-3-6-17(7-4-8)11(18)20-19/h1-2,5,8,19H,3-4,6-7H2. The first-order valence-electron chi connectivity index (χ1n) is 6.06. The molecule has 110 valence electrons. The van der Waals surface area contributed by atoms with E-state index < -0.39 is 17.8 Å². The van der Waals surface area contributed by atoms with Gasteiger partial charge in [0.05, 0.1) is 11.3 Å². The van der Waals surface area contributed by atoms with Gasteiger partial charge in [0, 0.05) is 25.2 Å². The number of carbonyl (C=O) groups excluding carboxylic acids is 1. The van der Waals surface area contributed by atoms with Crippen LogP contribution in [0.15, 0.2) is 18.3 Å². The normalized spacial score (nSPS) is 17.1. The molecule has 1 N–H and O–H groups in total. The van der Waals surface area contributed by atoms with Gasteiger partial charge in [-0.25, -0.2) is 4.79 Å². The molecule has 0 unspecified atom stereocenters. The summed E-state index contributed by atoms with van der Waals surface area (Å²) < 4.78 is 38.7. The van der Waals surface area contributed by atoms with Crippen molar-refractivity contribution in [2.75, 3.05) is 13.1 Å². The lowest BCUT2D eigenvalue weighted by atomic mass is 9.90. The van der Waals surface area contributed by atoms with E-state index in [1.54, 1.807) is 0 Å². The number of hydrogen-bond donors (Lipinski definition) is 1. The first-order chi connectivity index (χ1) is 9.43. The van der Waals surface area contributed by atoms with Crippen LogP contribution in [0.2, 0.25) is 0 Å². The molecule has 0 bridgehead atoms. The highest BCUT2D eigenvalue weighted by atomic mass is 19.4. The molecule has 1 aromatic heterocycles. The number of aromatic nitrogens is 1. The maximum Gasteiger partial charge on any atom is 0.441 e. The van der Waals surface area contributed by atoms with E-state index in [0.29, 0.717) is 12.8 Å². The molecule has 1 aliphatic heterocycles. The Kier molecular flexibility index (Phi) is 4.12. The van der Waals surface area contributed by atoms with Crippen LogP contribution in [0.25, 0.3) is 0 Å². The number of amides is 1. The average molecular weight is 290 g/mol. The molecule has 1 aliphatic rings. The molecule has 20 heavy (non-hydrogen) atoms. The lowest BCUT2D eigenvalue weighted by molar-refractivity contribution is -0.188. The molecule has 0 saturated carbocycles. The van der Waals surface area contributed by atoms with Crippen LogP contribution in [0.5, 0.6) is 0 Å². The van der Waals surface area contributed by atoms with E-state index in [9.17, 15) is 18.0 Å². The highest BCUT2D eigenvalue weighted by molar-refractivity contribution is 5.66. The van der Waals surface area contributed by atoms with Gasteiger partial charge in [0.15, 0.2) is 0 Å². The van der Waals surface area contributed by atoms with Crippen LogP contribution < -0.4 is 0 Å². The van der Waals surface area contributed by atoms with Crippen molar-refractivity contribution in [2.45, 2.75) is 24.9 Å². The molecular weight excluding hydrogens is 277 g/mol. The lowest BCUT2D eigenvalue weighted by Crippen LogP contribution is -2.38. The van der Waals surface area contributed by atoms with Crippen molar-refractivity contribution in [2.24, 2.45) is 0 Å². The Bertz CT molecular complexity index is 485. The van der Waals surface area contributed by atoms with Gasteiger partial charge in [0.1, 0.15) is 0 Å². The van der Waals surface area contributed by atoms with E-state index in [2.05, 4.69) is 9.87 Å². The number of hydrogen-bond acceptors (Lipinski definition) is 4. The first-order valence-corrected chi connectivity index (χ1v) is 6.06. The maximum atomic E-state index is 12.9. The number of alkyl halides is 3. The number of piperidine rings is 1. The van der Waals surface area contributed by atoms with Crippen LogP contribution in [0.3, 0.4) is 0 Å². The Balaban J connectivity index is 2.13. The third-order valence-electron chi connectivity index (χ3n) is 3.36. The minimum absolute atomic E-state index is 0.0111. The largest absolute Gasteiger partial charge is 0.441 e. The van der Waals surface area contributed by atoms with Crippen molar-refractivity contribution in [1.29, 1.82) is 0 Å². The fraction of sp³-hybridized carbons (Fsp3) is 0.500. The van der Waals surface area contributed by atoms with Crippen molar-refractivity contribution >= 4 is 6.09 Å². The smallest absolute Gasteiger partial charge is 0.306 e. The van der Waals surface area contributed by atoms with Gasteiger partial charge in [-0.3, -0.25) is 9.87 Å². The van der Waals surface area contributed by atoms with Crippen molar-refractivity contribution in [3.05, 3.63) is 29.6 Å². The molecule has 2 heterocycles. The second-order valence-corrected chi connectivity index (χ2v) is 4.55. The third-order valence-corrected chi connectivity index (χ3v) is 3.36. The van der Waals surface area contributed by atoms with Crippen molar-refractivity contribution in [3.8, 4) is 0 Å². The number of rotatable bonds is 1. The van der Waals surface area contributed by atoms with Gasteiger partial charge in [-0.1, -0.05) is 0 Å². The van der Waals surface area contributed by atoms with E-state index in [1.165, 1.54) is 17.2 Å². The van der Waals surface area contributed by atoms with Gasteiger partial charge in [-0.2, -0.15) is 18.4 Å². The topological polar surface area (TPSA) is 62.7 Å². The summed E-state index contributed by atoms with van der Waals surface area (Å²) in [5.74, 6) is -0.365. The quantitative estimate of drug-likeness (QED) is 0.638. The highest BCUT2D eigenvalue weighted by Gasteiger charge is 2.37. The van der Waals surface area contributed by atoms with Gasteiger partial charge in [0.2, 0.25) is 0 Å². The van der Waals surface area contributed by atoms with Gasteiger partial charge < -0.3 is 4.90 Å². The van der Waals surface area contributed by atoms with Crippen LogP contribution in [-0.4, -0.2) is 34.3 Å². The zero-order chi connectivity index (χ0) is 14.8. The summed E-state index contributed by atoms with van der Waals surface area (Å²) in [6.45, 7) is 0.440. The van der Waals surface area contributed by atoms with Gasteiger partial charge >= 0.3 is 12.3 Å². The van der Waals surface area contributed by atoms with Crippen LogP contribution in [0, 0.1) is 0 Å². The second-order valence-electron chi connectivity index (χ2n) is 4.55. The molecule has 0 radical (unpaired) electrons. The van der Waals surface area contributed by atoms with E-state index in [1.807, 2.05) is 0 Å². The number of carbonyl (C=O) groups is 1. The van der Waals surface area contributed by atoms with E-state index >= 15 is 0 Å². The zero-order valence-electron chi connectivity index (χ0n) is 10.4. The maximum absolute atomic E-state index is 12.9. The molecule has 0 aliphatic carbocycles. The second kappa shape index (κ2) is 5.66. The zero-order valence-corrected chi connectivity index (χ0v) is 10.4. The summed E-state index contributed by atoms with van der Waals surface area (Å²) in [5.41, 5.74) is -0.722. The minimum atomic E-state index is -4.44. The average Bonchev–Trinajstić information content (AvgIpc) is 2.46. The predicted molar refractivity (Wildman–Crippen MR) is 61.9 cm³/mol. The number of halogens is 3. The Morgan fingerprint density at radius 1 is 1.40 bits per heavy atom. The molecule has 5 nitrogen and oxygen atoms in total. The Morgan fingerprint density at radius 2 is 2.05 bits per heavy atom. The number of pyridine rings is 1. The number of likely N-dealkylation sites (tertiary alicyclic amines) is 1. The van der Waals surface area contributed by atoms with E-state index in [-0.39, 0.29) is 24.7 Å². The molecule has 1 aromatic rings. The minimum Gasteiger partial charge on any atom is -0.306 e. The van der Waals surface area contributed by atoms with Crippen LogP contribution in [-0.2, 0) is 11.1 Å². The SMILES string of the molecule is O=C(OO)N1CCC(c2ncccc2C(F)(F)F)CC1. The monoisotopic (exact) mass is 290 g/mol. The third kappa shape index (κ3) is 3.01. The van der Waals surface area contributed by atoms with Crippen molar-refractivity contribution < 1.29 is 28.1 Å². The Labute approximate surface area is 112 Å². The van der Waals surface area contributed by atoms with E-state index in [4.69, 9.17) is 5.26 Å². The van der Waals surface area contributed by atoms with Gasteiger partial charge in [-0.15, -0.1) is 0 Å². The van der Waals surface area contributed by atoms with Gasteiger partial charge in [-0.05, 0) is 25.0 Å². The molecule has 0 aromatic carbocycles. The number of nitrogens with zero attached hydrogens (tertiary/aromatic N) is 2.